The van der Waals surface area contributed by atoms with Crippen LogP contribution in [0.3, 0.4) is 0 Å². The van der Waals surface area contributed by atoms with Gasteiger partial charge in [-0.15, -0.1) is 0 Å². The predicted molar refractivity (Wildman–Crippen MR) is 136 cm³/mol. The first-order valence-electron chi connectivity index (χ1n) is 12.2. The first kappa shape index (κ1) is 25.5. The predicted octanol–water partition coefficient (Wildman–Crippen LogP) is 3.84. The second-order valence-corrected chi connectivity index (χ2v) is 9.51. The summed E-state index contributed by atoms with van der Waals surface area (Å²) >= 11 is 0. The number of aliphatic imine (C=N–C) groups is 1. The Morgan fingerprint density at radius 3 is 2.50 bits per heavy atom. The number of hydrogen-bond acceptors (Lipinski definition) is 5. The number of hydrogen-bond donors (Lipinski definition) is 3. The van der Waals surface area contributed by atoms with Gasteiger partial charge in [0, 0.05) is 31.2 Å². The Labute approximate surface area is 209 Å². The van der Waals surface area contributed by atoms with Gasteiger partial charge in [-0.1, -0.05) is 0 Å². The Morgan fingerprint density at radius 1 is 1.14 bits per heavy atom. The number of nitrogens with zero attached hydrogens (tertiary/aromatic N) is 2. The van der Waals surface area contributed by atoms with Gasteiger partial charge in [0.05, 0.1) is 23.1 Å². The minimum atomic E-state index is -0.733. The molecule has 2 amide bonds. The van der Waals surface area contributed by atoms with Crippen molar-refractivity contribution in [2.45, 2.75) is 64.5 Å². The largest absolute Gasteiger partial charge is 0.393 e. The van der Waals surface area contributed by atoms with Gasteiger partial charge in [0.2, 0.25) is 0 Å². The molecule has 0 bridgehead atoms. The minimum absolute atomic E-state index is 0.134. The lowest BCUT2D eigenvalue weighted by molar-refractivity contribution is -0.118. The van der Waals surface area contributed by atoms with Crippen molar-refractivity contribution in [3.8, 4) is 0 Å². The van der Waals surface area contributed by atoms with Crippen molar-refractivity contribution in [2.75, 3.05) is 5.32 Å². The Balaban J connectivity index is 1.69. The molecule has 1 fully saturated rings. The first-order valence-corrected chi connectivity index (χ1v) is 12.2. The van der Waals surface area contributed by atoms with E-state index in [2.05, 4.69) is 15.6 Å². The van der Waals surface area contributed by atoms with Crippen molar-refractivity contribution in [1.29, 1.82) is 0 Å². The summed E-state index contributed by atoms with van der Waals surface area (Å²) in [6.45, 7) is 3.26. The van der Waals surface area contributed by atoms with E-state index in [4.69, 9.17) is 0 Å². The van der Waals surface area contributed by atoms with Gasteiger partial charge >= 0.3 is 0 Å². The van der Waals surface area contributed by atoms with Crippen LogP contribution >= 0.6 is 0 Å². The third-order valence-corrected chi connectivity index (χ3v) is 6.92. The highest BCUT2D eigenvalue weighted by Gasteiger charge is 2.32. The first-order chi connectivity index (χ1) is 17.2. The number of ketones is 1. The highest BCUT2D eigenvalue weighted by molar-refractivity contribution is 6.43. The molecule has 9 heteroatoms. The zero-order valence-corrected chi connectivity index (χ0v) is 20.7. The number of aliphatic hydroxyl groups excluding tert-OH is 1. The van der Waals surface area contributed by atoms with E-state index in [-0.39, 0.29) is 29.2 Å². The number of halogens is 1. The van der Waals surface area contributed by atoms with Crippen LogP contribution < -0.4 is 10.6 Å². The molecule has 1 aliphatic carbocycles. The van der Waals surface area contributed by atoms with Crippen molar-refractivity contribution < 1.29 is 23.9 Å². The molecular formula is C27H31FN4O4. The number of Topliss-reactive ketones (excluding diaryl/α,β-unsaturated/α-hetero) is 1. The zero-order valence-electron chi connectivity index (χ0n) is 20.7. The molecule has 1 aromatic carbocycles. The van der Waals surface area contributed by atoms with Gasteiger partial charge in [0.25, 0.3) is 17.6 Å². The lowest BCUT2D eigenvalue weighted by atomic mass is 9.93. The number of rotatable bonds is 6. The Kier molecular flexibility index (Phi) is 7.49. The molecule has 2 heterocycles. The van der Waals surface area contributed by atoms with Crippen LogP contribution in [0.5, 0.6) is 0 Å². The van der Waals surface area contributed by atoms with Crippen molar-refractivity contribution >= 4 is 35.1 Å². The van der Waals surface area contributed by atoms with E-state index in [0.29, 0.717) is 61.0 Å². The molecule has 0 spiro atoms. The number of aromatic nitrogens is 1. The van der Waals surface area contributed by atoms with Crippen LogP contribution in [0.2, 0.25) is 0 Å². The van der Waals surface area contributed by atoms with E-state index >= 15 is 0 Å². The molecule has 4 rings (SSSR count). The maximum atomic E-state index is 13.7. The van der Waals surface area contributed by atoms with E-state index in [1.54, 1.807) is 37.9 Å². The van der Waals surface area contributed by atoms with Gasteiger partial charge in [0.1, 0.15) is 5.82 Å². The average molecular weight is 495 g/mol. The number of benzene rings is 1. The molecule has 1 aromatic heterocycles. The summed E-state index contributed by atoms with van der Waals surface area (Å²) in [6, 6.07) is 4.12. The number of aryl methyl sites for hydroxylation is 1. The summed E-state index contributed by atoms with van der Waals surface area (Å²) in [5.74, 6) is -2.29. The van der Waals surface area contributed by atoms with Crippen LogP contribution in [-0.4, -0.2) is 45.6 Å². The fraction of sp³-hybridized carbons (Fsp3) is 0.407. The van der Waals surface area contributed by atoms with E-state index < -0.39 is 17.6 Å². The van der Waals surface area contributed by atoms with E-state index in [1.165, 1.54) is 18.2 Å². The molecule has 190 valence electrons. The van der Waals surface area contributed by atoms with Crippen LogP contribution in [0, 0.1) is 19.7 Å². The second-order valence-electron chi connectivity index (χ2n) is 9.51. The molecule has 3 N–H and O–H groups in total. The van der Waals surface area contributed by atoms with Gasteiger partial charge in [-0.2, -0.15) is 0 Å². The monoisotopic (exact) mass is 494 g/mol. The van der Waals surface area contributed by atoms with E-state index in [0.717, 1.165) is 5.57 Å². The highest BCUT2D eigenvalue weighted by Crippen LogP contribution is 2.32. The number of carbonyl (C=O) groups is 3. The molecule has 0 saturated heterocycles. The van der Waals surface area contributed by atoms with Gasteiger partial charge in [-0.05, 0) is 87.3 Å². The number of carbonyl (C=O) groups excluding carboxylic acids is 3. The zero-order chi connectivity index (χ0) is 26.0. The number of nitrogens with one attached hydrogen (secondary N) is 2. The number of aliphatic hydroxyl groups is 1. The maximum Gasteiger partial charge on any atom is 0.294 e. The summed E-state index contributed by atoms with van der Waals surface area (Å²) in [5, 5.41) is 15.3. The van der Waals surface area contributed by atoms with Crippen molar-refractivity contribution in [3.63, 3.8) is 0 Å². The van der Waals surface area contributed by atoms with Crippen LogP contribution in [0.1, 0.15) is 76.2 Å². The molecule has 36 heavy (non-hydrogen) atoms. The normalized spacial score (nSPS) is 19.5. The SMILES string of the molecule is Cc1cc(NC(=O)c2c(C)c(C(=O)C(=O)NC3CCC(O)CC3)n(C)c2C2=CN=CCC2)ccc1F. The standard InChI is InChI=1S/C27H31FN4O4/c1-15-13-19(8-11-21(15)28)31-26(35)22-16(2)23(32(3)24(22)17-5-4-12-29-14-17)25(34)27(36)30-18-6-9-20(33)10-7-18/h8,11-14,18,20,33H,4-7,9-10H2,1-3H3,(H,30,36)(H,31,35). The molecule has 1 saturated carbocycles. The van der Waals surface area contributed by atoms with Crippen molar-refractivity contribution in [3.05, 3.63) is 58.3 Å². The average Bonchev–Trinajstić information content (AvgIpc) is 3.12. The second kappa shape index (κ2) is 10.6. The van der Waals surface area contributed by atoms with Crippen LogP contribution in [0.25, 0.3) is 5.57 Å². The molecule has 2 aromatic rings. The summed E-state index contributed by atoms with van der Waals surface area (Å²) in [7, 11) is 1.66. The van der Waals surface area contributed by atoms with E-state index in [1.807, 2.05) is 0 Å². The lowest BCUT2D eigenvalue weighted by Crippen LogP contribution is -2.42. The van der Waals surface area contributed by atoms with Gasteiger partial charge in [-0.25, -0.2) is 4.39 Å². The molecular weight excluding hydrogens is 463 g/mol. The van der Waals surface area contributed by atoms with E-state index in [9.17, 15) is 23.9 Å². The Morgan fingerprint density at radius 2 is 1.86 bits per heavy atom. The topological polar surface area (TPSA) is 113 Å². The van der Waals surface area contributed by atoms with Crippen LogP contribution in [0.4, 0.5) is 10.1 Å². The van der Waals surface area contributed by atoms with Gasteiger partial charge < -0.3 is 20.3 Å². The third-order valence-electron chi connectivity index (χ3n) is 6.92. The summed E-state index contributed by atoms with van der Waals surface area (Å²) in [5.41, 5.74) is 2.92. The van der Waals surface area contributed by atoms with Crippen LogP contribution in [-0.2, 0) is 11.8 Å². The smallest absolute Gasteiger partial charge is 0.294 e. The molecule has 8 nitrogen and oxygen atoms in total. The number of allylic oxidation sites excluding steroid dienone is 1. The Hall–Kier alpha value is -3.59. The van der Waals surface area contributed by atoms with Gasteiger partial charge in [-0.3, -0.25) is 19.4 Å². The van der Waals surface area contributed by atoms with Crippen molar-refractivity contribution in [2.24, 2.45) is 12.0 Å². The third kappa shape index (κ3) is 5.16. The summed E-state index contributed by atoms with van der Waals surface area (Å²) in [6.07, 6.45) is 6.75. The Bertz CT molecular complexity index is 1270. The fourth-order valence-corrected chi connectivity index (χ4v) is 4.98. The maximum absolute atomic E-state index is 13.7. The lowest BCUT2D eigenvalue weighted by Gasteiger charge is -2.25. The molecule has 0 radical (unpaired) electrons. The van der Waals surface area contributed by atoms with Crippen molar-refractivity contribution in [1.82, 2.24) is 9.88 Å². The van der Waals surface area contributed by atoms with Crippen LogP contribution in [0.15, 0.2) is 29.4 Å². The molecule has 0 unspecified atom stereocenters. The molecule has 2 aliphatic rings. The molecule has 1 aliphatic heterocycles. The minimum Gasteiger partial charge on any atom is -0.393 e. The highest BCUT2D eigenvalue weighted by atomic mass is 19.1. The number of amides is 2. The summed E-state index contributed by atoms with van der Waals surface area (Å²) in [4.78, 5) is 44.0. The quantitative estimate of drug-likeness (QED) is 0.418. The fourth-order valence-electron chi connectivity index (χ4n) is 4.98. The van der Waals surface area contributed by atoms with Gasteiger partial charge in [0.15, 0.2) is 0 Å². The molecule has 0 atom stereocenters. The number of anilines is 1. The summed E-state index contributed by atoms with van der Waals surface area (Å²) < 4.78 is 15.3.